The number of hydrogen-bond acceptors (Lipinski definition) is 4. The molecule has 0 atom stereocenters. The largest absolute Gasteiger partial charge is 0.383 e. The SMILES string of the molecule is COCCn1cc(NC(=O)NCCCOCC2CC2)cn1. The minimum absolute atomic E-state index is 0.219. The van der Waals surface area contributed by atoms with Crippen LogP contribution in [0.15, 0.2) is 12.4 Å². The van der Waals surface area contributed by atoms with E-state index < -0.39 is 0 Å². The Labute approximate surface area is 125 Å². The molecule has 21 heavy (non-hydrogen) atoms. The van der Waals surface area contributed by atoms with Crippen molar-refractivity contribution in [2.24, 2.45) is 5.92 Å². The highest BCUT2D eigenvalue weighted by atomic mass is 16.5. The van der Waals surface area contributed by atoms with Gasteiger partial charge in [0.1, 0.15) is 0 Å². The number of nitrogens with zero attached hydrogens (tertiary/aromatic N) is 2. The number of amides is 2. The molecule has 7 nitrogen and oxygen atoms in total. The van der Waals surface area contributed by atoms with E-state index in [4.69, 9.17) is 9.47 Å². The molecule has 1 aromatic heterocycles. The fraction of sp³-hybridized carbons (Fsp3) is 0.714. The summed E-state index contributed by atoms with van der Waals surface area (Å²) in [5, 5.41) is 9.66. The molecule has 2 amide bonds. The highest BCUT2D eigenvalue weighted by Gasteiger charge is 2.20. The third kappa shape index (κ3) is 6.59. The predicted molar refractivity (Wildman–Crippen MR) is 79.3 cm³/mol. The number of nitrogens with one attached hydrogen (secondary N) is 2. The van der Waals surface area contributed by atoms with Crippen molar-refractivity contribution in [3.63, 3.8) is 0 Å². The lowest BCUT2D eigenvalue weighted by molar-refractivity contribution is 0.122. The van der Waals surface area contributed by atoms with E-state index in [1.807, 2.05) is 0 Å². The summed E-state index contributed by atoms with van der Waals surface area (Å²) < 4.78 is 12.2. The molecule has 0 spiro atoms. The Bertz CT molecular complexity index is 432. The van der Waals surface area contributed by atoms with E-state index in [9.17, 15) is 4.79 Å². The van der Waals surface area contributed by atoms with Crippen molar-refractivity contribution in [1.29, 1.82) is 0 Å². The van der Waals surface area contributed by atoms with Crippen LogP contribution in [0.1, 0.15) is 19.3 Å². The van der Waals surface area contributed by atoms with E-state index in [1.165, 1.54) is 12.8 Å². The van der Waals surface area contributed by atoms with Gasteiger partial charge < -0.3 is 20.1 Å². The summed E-state index contributed by atoms with van der Waals surface area (Å²) in [5.74, 6) is 0.788. The summed E-state index contributed by atoms with van der Waals surface area (Å²) in [4.78, 5) is 11.7. The van der Waals surface area contributed by atoms with E-state index in [0.717, 1.165) is 18.9 Å². The molecule has 0 aliphatic heterocycles. The van der Waals surface area contributed by atoms with E-state index in [0.29, 0.717) is 32.0 Å². The number of rotatable bonds is 10. The smallest absolute Gasteiger partial charge is 0.319 e. The molecule has 1 aliphatic rings. The number of ether oxygens (including phenoxy) is 2. The van der Waals surface area contributed by atoms with Gasteiger partial charge in [-0.25, -0.2) is 4.79 Å². The van der Waals surface area contributed by atoms with Gasteiger partial charge in [-0.05, 0) is 25.2 Å². The Kier molecular flexibility index (Phi) is 6.49. The standard InChI is InChI=1S/C14H24N4O3/c1-20-8-6-18-10-13(9-16-18)17-14(19)15-5-2-7-21-11-12-3-4-12/h9-10,12H,2-8,11H2,1H3,(H2,15,17,19). The lowest BCUT2D eigenvalue weighted by atomic mass is 10.4. The van der Waals surface area contributed by atoms with Crippen molar-refractivity contribution in [3.05, 3.63) is 12.4 Å². The lowest BCUT2D eigenvalue weighted by Crippen LogP contribution is -2.30. The molecule has 1 aromatic rings. The number of anilines is 1. The monoisotopic (exact) mass is 296 g/mol. The van der Waals surface area contributed by atoms with Crippen molar-refractivity contribution >= 4 is 11.7 Å². The third-order valence-electron chi connectivity index (χ3n) is 3.22. The maximum absolute atomic E-state index is 11.7. The molecule has 0 unspecified atom stereocenters. The zero-order valence-corrected chi connectivity index (χ0v) is 12.5. The highest BCUT2D eigenvalue weighted by Crippen LogP contribution is 2.28. The molecular formula is C14H24N4O3. The molecule has 0 bridgehead atoms. The van der Waals surface area contributed by atoms with Gasteiger partial charge in [-0.1, -0.05) is 0 Å². The summed E-state index contributed by atoms with van der Waals surface area (Å²) in [7, 11) is 1.64. The van der Waals surface area contributed by atoms with Crippen molar-refractivity contribution in [3.8, 4) is 0 Å². The molecule has 1 fully saturated rings. The van der Waals surface area contributed by atoms with Gasteiger partial charge in [-0.3, -0.25) is 4.68 Å². The minimum Gasteiger partial charge on any atom is -0.383 e. The summed E-state index contributed by atoms with van der Waals surface area (Å²) in [6, 6.07) is -0.219. The zero-order valence-electron chi connectivity index (χ0n) is 12.5. The van der Waals surface area contributed by atoms with Gasteiger partial charge in [0.15, 0.2) is 0 Å². The molecule has 2 N–H and O–H groups in total. The van der Waals surface area contributed by atoms with Crippen molar-refractivity contribution < 1.29 is 14.3 Å². The molecule has 0 aromatic carbocycles. The van der Waals surface area contributed by atoms with Crippen LogP contribution in [0.4, 0.5) is 10.5 Å². The first-order chi connectivity index (χ1) is 10.3. The number of urea groups is 1. The van der Waals surface area contributed by atoms with Crippen molar-refractivity contribution in [2.45, 2.75) is 25.8 Å². The Morgan fingerprint density at radius 2 is 2.33 bits per heavy atom. The molecule has 1 saturated carbocycles. The quantitative estimate of drug-likeness (QED) is 0.641. The molecule has 7 heteroatoms. The van der Waals surface area contributed by atoms with Crippen LogP contribution < -0.4 is 10.6 Å². The Balaban J connectivity index is 1.52. The van der Waals surface area contributed by atoms with Gasteiger partial charge in [0.25, 0.3) is 0 Å². The average Bonchev–Trinajstić information content (AvgIpc) is 3.20. The summed E-state index contributed by atoms with van der Waals surface area (Å²) in [6.07, 6.45) is 6.83. The van der Waals surface area contributed by atoms with E-state index in [2.05, 4.69) is 15.7 Å². The Hall–Kier alpha value is -1.60. The second kappa shape index (κ2) is 8.63. The van der Waals surface area contributed by atoms with Gasteiger partial charge >= 0.3 is 6.03 Å². The number of methoxy groups -OCH3 is 1. The van der Waals surface area contributed by atoms with Gasteiger partial charge in [0, 0.05) is 33.1 Å². The van der Waals surface area contributed by atoms with E-state index in [-0.39, 0.29) is 6.03 Å². The second-order valence-corrected chi connectivity index (χ2v) is 5.24. The van der Waals surface area contributed by atoms with Crippen LogP contribution in [0.3, 0.4) is 0 Å². The third-order valence-corrected chi connectivity index (χ3v) is 3.22. The maximum atomic E-state index is 11.7. The summed E-state index contributed by atoms with van der Waals surface area (Å²) >= 11 is 0. The van der Waals surface area contributed by atoms with Gasteiger partial charge in [-0.15, -0.1) is 0 Å². The van der Waals surface area contributed by atoms with Crippen LogP contribution in [-0.4, -0.2) is 49.3 Å². The molecule has 1 aliphatic carbocycles. The maximum Gasteiger partial charge on any atom is 0.319 e. The average molecular weight is 296 g/mol. The minimum atomic E-state index is -0.219. The zero-order chi connectivity index (χ0) is 14.9. The van der Waals surface area contributed by atoms with Crippen LogP contribution in [0.5, 0.6) is 0 Å². The van der Waals surface area contributed by atoms with Crippen LogP contribution in [0.2, 0.25) is 0 Å². The number of carbonyl (C=O) groups excluding carboxylic acids is 1. The van der Waals surface area contributed by atoms with Crippen LogP contribution in [0.25, 0.3) is 0 Å². The molecular weight excluding hydrogens is 272 g/mol. The van der Waals surface area contributed by atoms with Crippen molar-refractivity contribution in [2.75, 3.05) is 38.8 Å². The molecule has 118 valence electrons. The number of carbonyl (C=O) groups is 1. The van der Waals surface area contributed by atoms with E-state index >= 15 is 0 Å². The first-order valence-corrected chi connectivity index (χ1v) is 7.42. The van der Waals surface area contributed by atoms with Crippen LogP contribution in [-0.2, 0) is 16.0 Å². The molecule has 0 saturated heterocycles. The van der Waals surface area contributed by atoms with Crippen LogP contribution in [0, 0.1) is 5.92 Å². The Morgan fingerprint density at radius 1 is 1.48 bits per heavy atom. The van der Waals surface area contributed by atoms with E-state index in [1.54, 1.807) is 24.2 Å². The van der Waals surface area contributed by atoms with Gasteiger partial charge in [0.2, 0.25) is 0 Å². The topological polar surface area (TPSA) is 77.4 Å². The lowest BCUT2D eigenvalue weighted by Gasteiger charge is -2.06. The summed E-state index contributed by atoms with van der Waals surface area (Å²) in [5.41, 5.74) is 0.675. The molecule has 0 radical (unpaired) electrons. The number of hydrogen-bond donors (Lipinski definition) is 2. The molecule has 2 rings (SSSR count). The predicted octanol–water partition coefficient (Wildman–Crippen LogP) is 1.47. The fourth-order valence-electron chi connectivity index (χ4n) is 1.82. The molecule has 1 heterocycles. The van der Waals surface area contributed by atoms with Crippen molar-refractivity contribution in [1.82, 2.24) is 15.1 Å². The van der Waals surface area contributed by atoms with Gasteiger partial charge in [0.05, 0.1) is 25.0 Å². The second-order valence-electron chi connectivity index (χ2n) is 5.24. The first kappa shape index (κ1) is 15.8. The first-order valence-electron chi connectivity index (χ1n) is 7.42. The fourth-order valence-corrected chi connectivity index (χ4v) is 1.82. The van der Waals surface area contributed by atoms with Gasteiger partial charge in [-0.2, -0.15) is 5.10 Å². The summed E-state index contributed by atoms with van der Waals surface area (Å²) in [6.45, 7) is 3.43. The normalized spacial score (nSPS) is 14.1. The number of aromatic nitrogens is 2. The van der Waals surface area contributed by atoms with Crippen LogP contribution >= 0.6 is 0 Å². The Morgan fingerprint density at radius 3 is 3.10 bits per heavy atom. The highest BCUT2D eigenvalue weighted by molar-refractivity contribution is 5.88.